The lowest BCUT2D eigenvalue weighted by molar-refractivity contribution is 0.850. The first-order valence-corrected chi connectivity index (χ1v) is 5.92. The average Bonchev–Trinajstić information content (AvgIpc) is 2.72. The van der Waals surface area contributed by atoms with Crippen LogP contribution in [0.1, 0.15) is 22.6 Å². The Kier molecular flexibility index (Phi) is 1.91. The van der Waals surface area contributed by atoms with Gasteiger partial charge in [-0.25, -0.2) is 4.52 Å². The molecule has 3 aromatic heterocycles. The summed E-state index contributed by atoms with van der Waals surface area (Å²) in [6.45, 7) is 8.54. The molecule has 88 valence electrons. The van der Waals surface area contributed by atoms with Gasteiger partial charge in [-0.3, -0.25) is 0 Å². The summed E-state index contributed by atoms with van der Waals surface area (Å²) in [5, 5.41) is 7.28. The molecule has 3 aromatic rings. The van der Waals surface area contributed by atoms with Crippen molar-refractivity contribution in [1.29, 1.82) is 0 Å². The Hall–Kier alpha value is -1.77. The summed E-state index contributed by atoms with van der Waals surface area (Å²) >= 11 is 0. The Labute approximate surface area is 101 Å². The highest BCUT2D eigenvalue weighted by atomic mass is 15.2. The highest BCUT2D eigenvalue weighted by molar-refractivity contribution is 6.01. The van der Waals surface area contributed by atoms with Crippen LogP contribution in [0.15, 0.2) is 12.3 Å². The third-order valence-electron chi connectivity index (χ3n) is 3.79. The molecule has 0 aromatic carbocycles. The first-order chi connectivity index (χ1) is 8.00. The second-order valence-corrected chi connectivity index (χ2v) is 4.91. The zero-order valence-electron chi connectivity index (χ0n) is 11.0. The third-order valence-corrected chi connectivity index (χ3v) is 3.79. The van der Waals surface area contributed by atoms with E-state index in [2.05, 4.69) is 56.7 Å². The second-order valence-electron chi connectivity index (χ2n) is 4.91. The van der Waals surface area contributed by atoms with Gasteiger partial charge in [-0.1, -0.05) is 0 Å². The van der Waals surface area contributed by atoms with Crippen molar-refractivity contribution in [2.45, 2.75) is 27.7 Å². The smallest absolute Gasteiger partial charge is 0.0746 e. The molecule has 0 spiro atoms. The summed E-state index contributed by atoms with van der Waals surface area (Å²) in [6.07, 6.45) is 2.09. The predicted octanol–water partition coefficient (Wildman–Crippen LogP) is 3.06. The van der Waals surface area contributed by atoms with Gasteiger partial charge in [0, 0.05) is 35.4 Å². The van der Waals surface area contributed by atoms with Gasteiger partial charge < -0.3 is 4.57 Å². The van der Waals surface area contributed by atoms with Gasteiger partial charge in [-0.2, -0.15) is 5.10 Å². The van der Waals surface area contributed by atoms with Gasteiger partial charge in [0.1, 0.15) is 0 Å². The number of hydrogen-bond acceptors (Lipinski definition) is 1. The van der Waals surface area contributed by atoms with Crippen LogP contribution in [0.25, 0.3) is 16.3 Å². The van der Waals surface area contributed by atoms with Gasteiger partial charge in [0.15, 0.2) is 0 Å². The van der Waals surface area contributed by atoms with E-state index in [1.807, 2.05) is 4.52 Å². The van der Waals surface area contributed by atoms with E-state index in [0.29, 0.717) is 0 Å². The van der Waals surface area contributed by atoms with E-state index in [1.54, 1.807) is 0 Å². The van der Waals surface area contributed by atoms with Crippen LogP contribution in [0, 0.1) is 27.7 Å². The normalized spacial score (nSPS) is 11.8. The van der Waals surface area contributed by atoms with Crippen molar-refractivity contribution in [1.82, 2.24) is 14.2 Å². The van der Waals surface area contributed by atoms with E-state index in [0.717, 1.165) is 5.69 Å². The van der Waals surface area contributed by atoms with E-state index >= 15 is 0 Å². The summed E-state index contributed by atoms with van der Waals surface area (Å²) in [4.78, 5) is 0. The Balaban J connectivity index is 2.69. The minimum Gasteiger partial charge on any atom is -0.351 e. The first-order valence-electron chi connectivity index (χ1n) is 5.92. The van der Waals surface area contributed by atoms with Gasteiger partial charge in [0.25, 0.3) is 0 Å². The monoisotopic (exact) mass is 227 g/mol. The maximum absolute atomic E-state index is 4.64. The van der Waals surface area contributed by atoms with E-state index in [1.165, 1.54) is 33.2 Å². The Bertz CT molecular complexity index is 744. The fraction of sp³-hybridized carbons (Fsp3) is 0.357. The fourth-order valence-corrected chi connectivity index (χ4v) is 2.77. The molecule has 0 saturated heterocycles. The quantitative estimate of drug-likeness (QED) is 0.578. The molecule has 3 rings (SSSR count). The van der Waals surface area contributed by atoms with Crippen molar-refractivity contribution in [2.24, 2.45) is 7.05 Å². The van der Waals surface area contributed by atoms with Crippen LogP contribution >= 0.6 is 0 Å². The van der Waals surface area contributed by atoms with Crippen LogP contribution in [0.4, 0.5) is 0 Å². The maximum Gasteiger partial charge on any atom is 0.0746 e. The Morgan fingerprint density at radius 1 is 1.00 bits per heavy atom. The van der Waals surface area contributed by atoms with Crippen LogP contribution in [-0.2, 0) is 7.05 Å². The summed E-state index contributed by atoms with van der Waals surface area (Å²) in [7, 11) is 2.12. The Morgan fingerprint density at radius 2 is 1.65 bits per heavy atom. The van der Waals surface area contributed by atoms with Crippen molar-refractivity contribution >= 4 is 16.3 Å². The molecular weight excluding hydrogens is 210 g/mol. The van der Waals surface area contributed by atoms with Crippen LogP contribution < -0.4 is 0 Å². The second kappa shape index (κ2) is 3.13. The number of hydrogen-bond donors (Lipinski definition) is 0. The van der Waals surface area contributed by atoms with Crippen molar-refractivity contribution in [3.05, 3.63) is 34.9 Å². The highest BCUT2D eigenvalue weighted by Crippen LogP contribution is 2.30. The zero-order chi connectivity index (χ0) is 12.3. The topological polar surface area (TPSA) is 22.2 Å². The summed E-state index contributed by atoms with van der Waals surface area (Å²) in [5.41, 5.74) is 6.17. The molecule has 0 bridgehead atoms. The first kappa shape index (κ1) is 10.4. The molecule has 0 saturated carbocycles. The number of aromatic nitrogens is 3. The molecule has 3 heterocycles. The van der Waals surface area contributed by atoms with E-state index in [-0.39, 0.29) is 0 Å². The largest absolute Gasteiger partial charge is 0.351 e. The lowest BCUT2D eigenvalue weighted by Crippen LogP contribution is -1.94. The fourth-order valence-electron chi connectivity index (χ4n) is 2.77. The molecule has 0 fully saturated rings. The molecule has 17 heavy (non-hydrogen) atoms. The molecule has 0 atom stereocenters. The van der Waals surface area contributed by atoms with Crippen LogP contribution in [0.3, 0.4) is 0 Å². The molecular formula is C14H17N3. The van der Waals surface area contributed by atoms with Crippen LogP contribution in [0.2, 0.25) is 0 Å². The summed E-state index contributed by atoms with van der Waals surface area (Å²) in [5.74, 6) is 0. The predicted molar refractivity (Wildman–Crippen MR) is 70.6 cm³/mol. The van der Waals surface area contributed by atoms with Gasteiger partial charge >= 0.3 is 0 Å². The summed E-state index contributed by atoms with van der Waals surface area (Å²) in [6, 6.07) is 2.21. The molecule has 0 aliphatic heterocycles. The van der Waals surface area contributed by atoms with Crippen molar-refractivity contribution in [2.75, 3.05) is 0 Å². The number of rotatable bonds is 0. The summed E-state index contributed by atoms with van der Waals surface area (Å²) < 4.78 is 4.25. The highest BCUT2D eigenvalue weighted by Gasteiger charge is 2.15. The molecule has 0 unspecified atom stereocenters. The molecule has 0 amide bonds. The lowest BCUT2D eigenvalue weighted by atomic mass is 10.1. The molecule has 3 nitrogen and oxygen atoms in total. The van der Waals surface area contributed by atoms with Gasteiger partial charge in [0.2, 0.25) is 0 Å². The average molecular weight is 227 g/mol. The lowest BCUT2D eigenvalue weighted by Gasteiger charge is -2.01. The minimum atomic E-state index is 1.10. The standard InChI is InChI=1S/C14H17N3/c1-8-6-12-14-11(4)16(5)10(3)13(14)9(2)15-17(12)7-8/h6-7H,1-5H3. The van der Waals surface area contributed by atoms with Crippen LogP contribution in [0.5, 0.6) is 0 Å². The van der Waals surface area contributed by atoms with Crippen molar-refractivity contribution in [3.8, 4) is 0 Å². The third kappa shape index (κ3) is 1.19. The molecule has 0 radical (unpaired) electrons. The zero-order valence-corrected chi connectivity index (χ0v) is 11.0. The molecule has 0 N–H and O–H groups in total. The molecule has 0 aliphatic carbocycles. The van der Waals surface area contributed by atoms with E-state index in [4.69, 9.17) is 0 Å². The van der Waals surface area contributed by atoms with Gasteiger partial charge in [-0.05, 0) is 39.3 Å². The number of aryl methyl sites for hydroxylation is 4. The van der Waals surface area contributed by atoms with Crippen molar-refractivity contribution < 1.29 is 0 Å². The van der Waals surface area contributed by atoms with Crippen molar-refractivity contribution in [3.63, 3.8) is 0 Å². The van der Waals surface area contributed by atoms with E-state index in [9.17, 15) is 0 Å². The number of nitrogens with zero attached hydrogens (tertiary/aromatic N) is 3. The molecule has 0 aliphatic rings. The van der Waals surface area contributed by atoms with Gasteiger partial charge in [-0.15, -0.1) is 0 Å². The van der Waals surface area contributed by atoms with E-state index < -0.39 is 0 Å². The van der Waals surface area contributed by atoms with Crippen LogP contribution in [-0.4, -0.2) is 14.2 Å². The maximum atomic E-state index is 4.64. The molecule has 3 heteroatoms. The SMILES string of the molecule is Cc1cc2c3c(C)n(C)c(C)c3c(C)nn2c1. The minimum absolute atomic E-state index is 1.10. The Morgan fingerprint density at radius 3 is 2.35 bits per heavy atom. The van der Waals surface area contributed by atoms with Gasteiger partial charge in [0.05, 0.1) is 11.2 Å². The number of fused-ring (bicyclic) bond motifs is 3.